The molecule has 0 unspecified atom stereocenters. The van der Waals surface area contributed by atoms with E-state index in [0.29, 0.717) is 4.88 Å². The first-order valence-electron chi connectivity index (χ1n) is 4.27. The number of rotatable bonds is 2. The monoisotopic (exact) mass is 409 g/mol. The lowest BCUT2D eigenvalue weighted by Gasteiger charge is -1.97. The zero-order valence-corrected chi connectivity index (χ0v) is 12.0. The Balaban J connectivity index is 2.39. The molecule has 2 aromatic rings. The summed E-state index contributed by atoms with van der Waals surface area (Å²) in [7, 11) is -3.40. The largest absolute Gasteiger partial charge is 0.452 e. The van der Waals surface area contributed by atoms with Crippen molar-refractivity contribution in [2.75, 3.05) is 0 Å². The highest BCUT2D eigenvalue weighted by atomic mass is 127. The fourth-order valence-electron chi connectivity index (χ4n) is 1.11. The van der Waals surface area contributed by atoms with Crippen molar-refractivity contribution in [3.05, 3.63) is 24.0 Å². The average Bonchev–Trinajstić information content (AvgIpc) is 2.84. The summed E-state index contributed by atoms with van der Waals surface area (Å²) in [6, 6.07) is 3.42. The molecule has 0 bridgehead atoms. The minimum Gasteiger partial charge on any atom is -0.351 e. The molecule has 0 fully saturated rings. The molecule has 0 amide bonds. The maximum absolute atomic E-state index is 12.3. The second kappa shape index (κ2) is 4.49. The second-order valence-corrected chi connectivity index (χ2v) is 9.27. The lowest BCUT2D eigenvalue weighted by molar-refractivity contribution is -0.155. The Labute approximate surface area is 115 Å². The third kappa shape index (κ3) is 2.85. The van der Waals surface area contributed by atoms with Crippen LogP contribution in [-0.4, -0.2) is 13.6 Å². The number of halogens is 4. The highest BCUT2D eigenvalue weighted by molar-refractivity contribution is 14.2. The standard InChI is InChI=1S/C8H3F3INO3S2/c9-8(10,11)6-3-4(13-16-6)5-1-2-7(17-5)18(12,14)15/h1-3H. The first kappa shape index (κ1) is 13.8. The van der Waals surface area contributed by atoms with Crippen molar-refractivity contribution in [1.82, 2.24) is 5.16 Å². The molecule has 0 spiro atoms. The number of aromatic nitrogens is 1. The van der Waals surface area contributed by atoms with Crippen molar-refractivity contribution in [1.29, 1.82) is 0 Å². The van der Waals surface area contributed by atoms with Crippen LogP contribution >= 0.6 is 32.5 Å². The second-order valence-electron chi connectivity index (χ2n) is 3.13. The van der Waals surface area contributed by atoms with Gasteiger partial charge < -0.3 is 4.52 Å². The predicted octanol–water partition coefficient (Wildman–Crippen LogP) is 3.55. The van der Waals surface area contributed by atoms with E-state index in [1.54, 1.807) is 0 Å². The van der Waals surface area contributed by atoms with Crippen LogP contribution in [0.25, 0.3) is 10.6 Å². The van der Waals surface area contributed by atoms with Gasteiger partial charge in [-0.15, -0.1) is 11.3 Å². The molecule has 98 valence electrons. The van der Waals surface area contributed by atoms with Gasteiger partial charge in [-0.25, -0.2) is 8.42 Å². The van der Waals surface area contributed by atoms with E-state index in [2.05, 4.69) is 9.68 Å². The van der Waals surface area contributed by atoms with Crippen molar-refractivity contribution in [3.8, 4) is 10.6 Å². The molecule has 0 atom stereocenters. The summed E-state index contributed by atoms with van der Waals surface area (Å²) < 4.78 is 63.5. The van der Waals surface area contributed by atoms with Crippen LogP contribution in [0.3, 0.4) is 0 Å². The van der Waals surface area contributed by atoms with Crippen LogP contribution in [-0.2, 0) is 13.2 Å². The van der Waals surface area contributed by atoms with Gasteiger partial charge in [0.1, 0.15) is 9.90 Å². The van der Waals surface area contributed by atoms with Gasteiger partial charge in [-0.1, -0.05) is 5.16 Å². The molecule has 0 saturated heterocycles. The van der Waals surface area contributed by atoms with E-state index < -0.39 is 18.9 Å². The number of nitrogens with zero attached hydrogens (tertiary/aromatic N) is 1. The van der Waals surface area contributed by atoms with Gasteiger partial charge in [0.25, 0.3) is 0 Å². The zero-order valence-electron chi connectivity index (χ0n) is 8.23. The Morgan fingerprint density at radius 2 is 2.00 bits per heavy atom. The van der Waals surface area contributed by atoms with E-state index >= 15 is 0 Å². The molecule has 0 aliphatic rings. The summed E-state index contributed by atoms with van der Waals surface area (Å²) in [5, 5.41) is 3.27. The highest BCUT2D eigenvalue weighted by Gasteiger charge is 2.36. The van der Waals surface area contributed by atoms with Crippen LogP contribution in [0.2, 0.25) is 0 Å². The molecule has 2 aromatic heterocycles. The Kier molecular flexibility index (Phi) is 3.44. The van der Waals surface area contributed by atoms with Gasteiger partial charge in [-0.05, 0) is 12.1 Å². The minimum absolute atomic E-state index is 0.0429. The molecule has 0 saturated carbocycles. The van der Waals surface area contributed by atoms with Gasteiger partial charge in [0, 0.05) is 6.07 Å². The molecular formula is C8H3F3INO3S2. The molecule has 4 nitrogen and oxygen atoms in total. The first-order valence-corrected chi connectivity index (χ1v) is 9.11. The molecule has 2 heterocycles. The summed E-state index contributed by atoms with van der Waals surface area (Å²) in [5.41, 5.74) is -0.0429. The van der Waals surface area contributed by atoms with Crippen LogP contribution in [0, 0.1) is 0 Å². The van der Waals surface area contributed by atoms with Gasteiger partial charge in [0.2, 0.25) is 12.8 Å². The average molecular weight is 409 g/mol. The SMILES string of the molecule is O=S(=O)(I)c1ccc(-c2cc(C(F)(F)F)on2)s1. The maximum Gasteiger partial charge on any atom is 0.452 e. The summed E-state index contributed by atoms with van der Waals surface area (Å²) in [4.78, 5) is 0.296. The first-order chi connectivity index (χ1) is 8.18. The summed E-state index contributed by atoms with van der Waals surface area (Å²) >= 11 is 2.08. The van der Waals surface area contributed by atoms with Crippen molar-refractivity contribution >= 4 is 39.6 Å². The number of thiophene rings is 1. The molecule has 0 aliphatic carbocycles. The molecular weight excluding hydrogens is 406 g/mol. The lowest BCUT2D eigenvalue weighted by atomic mass is 10.3. The Morgan fingerprint density at radius 3 is 2.44 bits per heavy atom. The van der Waals surface area contributed by atoms with Crippen LogP contribution in [0.4, 0.5) is 13.2 Å². The summed E-state index contributed by atoms with van der Waals surface area (Å²) in [6.07, 6.45) is -4.61. The fraction of sp³-hybridized carbons (Fsp3) is 0.125. The van der Waals surface area contributed by atoms with E-state index in [1.165, 1.54) is 33.3 Å². The van der Waals surface area contributed by atoms with E-state index in [4.69, 9.17) is 0 Å². The number of alkyl halides is 3. The molecule has 2 rings (SSSR count). The molecule has 0 N–H and O–H groups in total. The molecule has 0 aliphatic heterocycles. The van der Waals surface area contributed by atoms with E-state index in [9.17, 15) is 21.6 Å². The van der Waals surface area contributed by atoms with Crippen molar-refractivity contribution in [3.63, 3.8) is 0 Å². The predicted molar refractivity (Wildman–Crippen MR) is 66.0 cm³/mol. The number of hydrogen-bond donors (Lipinski definition) is 0. The van der Waals surface area contributed by atoms with Gasteiger partial charge in [-0.2, -0.15) is 13.2 Å². The van der Waals surface area contributed by atoms with Crippen LogP contribution in [0.15, 0.2) is 26.9 Å². The quantitative estimate of drug-likeness (QED) is 0.563. The van der Waals surface area contributed by atoms with Crippen LogP contribution in [0.1, 0.15) is 5.76 Å². The van der Waals surface area contributed by atoms with Crippen LogP contribution < -0.4 is 0 Å². The third-order valence-corrected chi connectivity index (χ3v) is 6.61. The Bertz CT molecular complexity index is 674. The molecule has 18 heavy (non-hydrogen) atoms. The number of hydrogen-bond acceptors (Lipinski definition) is 5. The molecule has 10 heteroatoms. The van der Waals surface area contributed by atoms with Crippen LogP contribution in [0.5, 0.6) is 0 Å². The maximum atomic E-state index is 12.3. The summed E-state index contributed by atoms with van der Waals surface area (Å²) in [6.45, 7) is 0. The van der Waals surface area contributed by atoms with Gasteiger partial charge in [-0.3, -0.25) is 0 Å². The topological polar surface area (TPSA) is 60.2 Å². The van der Waals surface area contributed by atoms with Crippen molar-refractivity contribution in [2.24, 2.45) is 0 Å². The van der Waals surface area contributed by atoms with E-state index in [-0.39, 0.29) is 9.90 Å². The van der Waals surface area contributed by atoms with Gasteiger partial charge in [0.05, 0.1) is 26.1 Å². The zero-order chi connectivity index (χ0) is 13.6. The minimum atomic E-state index is -4.61. The Morgan fingerprint density at radius 1 is 1.33 bits per heavy atom. The molecule has 0 radical (unpaired) electrons. The lowest BCUT2D eigenvalue weighted by Crippen LogP contribution is -2.01. The Hall–Kier alpha value is -0.620. The molecule has 0 aromatic carbocycles. The summed E-state index contributed by atoms with van der Waals surface area (Å²) in [5.74, 6) is -1.22. The van der Waals surface area contributed by atoms with E-state index in [1.807, 2.05) is 0 Å². The van der Waals surface area contributed by atoms with Crippen molar-refractivity contribution < 1.29 is 26.1 Å². The highest BCUT2D eigenvalue weighted by Crippen LogP contribution is 2.36. The van der Waals surface area contributed by atoms with Gasteiger partial charge >= 0.3 is 6.18 Å². The third-order valence-electron chi connectivity index (χ3n) is 1.86. The normalized spacial score (nSPS) is 12.9. The van der Waals surface area contributed by atoms with Crippen molar-refractivity contribution in [2.45, 2.75) is 10.4 Å². The fourth-order valence-corrected chi connectivity index (χ4v) is 3.95. The van der Waals surface area contributed by atoms with E-state index in [0.717, 1.165) is 17.4 Å². The van der Waals surface area contributed by atoms with Gasteiger partial charge in [0.15, 0.2) is 0 Å². The smallest absolute Gasteiger partial charge is 0.351 e.